The molecule has 0 aliphatic carbocycles. The molecule has 0 heterocycles. The highest BCUT2D eigenvalue weighted by atomic mass is 35.5. The number of halogens is 2. The Balaban J connectivity index is 2.41. The van der Waals surface area contributed by atoms with Crippen molar-refractivity contribution in [1.29, 1.82) is 0 Å². The van der Waals surface area contributed by atoms with Gasteiger partial charge in [-0.25, -0.2) is 4.39 Å². The van der Waals surface area contributed by atoms with Gasteiger partial charge in [0.05, 0.1) is 14.8 Å². The predicted octanol–water partition coefficient (Wildman–Crippen LogP) is 3.64. The molecule has 2 rings (SSSR count). The number of hydrogen-bond donors (Lipinski definition) is 1. The molecule has 2 aromatic rings. The molecule has 0 spiro atoms. The molecule has 2 N–H and O–H groups in total. The van der Waals surface area contributed by atoms with Crippen molar-refractivity contribution in [3.05, 3.63) is 62.9 Å². The number of carbonyl (C=O) groups excluding carboxylic acids is 1. The van der Waals surface area contributed by atoms with Crippen LogP contribution in [0.4, 0.5) is 10.1 Å². The third-order valence-corrected chi connectivity index (χ3v) is 3.90. The van der Waals surface area contributed by atoms with E-state index in [9.17, 15) is 19.3 Å². The van der Waals surface area contributed by atoms with E-state index in [4.69, 9.17) is 17.3 Å². The van der Waals surface area contributed by atoms with Crippen LogP contribution in [-0.2, 0) is 0 Å². The van der Waals surface area contributed by atoms with E-state index in [1.807, 2.05) is 0 Å². The van der Waals surface area contributed by atoms with Gasteiger partial charge in [0.2, 0.25) is 5.91 Å². The summed E-state index contributed by atoms with van der Waals surface area (Å²) in [4.78, 5) is 22.3. The summed E-state index contributed by atoms with van der Waals surface area (Å²) in [5.41, 5.74) is 4.89. The molecule has 2 aromatic carbocycles. The Kier molecular flexibility index (Phi) is 4.44. The Morgan fingerprint density at radius 3 is 2.57 bits per heavy atom. The van der Waals surface area contributed by atoms with Gasteiger partial charge >= 0.3 is 0 Å². The molecule has 0 atom stereocenters. The lowest BCUT2D eigenvalue weighted by atomic mass is 10.2. The van der Waals surface area contributed by atoms with Crippen molar-refractivity contribution >= 4 is 35.0 Å². The lowest BCUT2D eigenvalue weighted by molar-refractivity contribution is -0.387. The summed E-state index contributed by atoms with van der Waals surface area (Å²) < 4.78 is 13.1. The van der Waals surface area contributed by atoms with Crippen LogP contribution in [0, 0.1) is 15.9 Å². The van der Waals surface area contributed by atoms with Crippen LogP contribution in [-0.4, -0.2) is 10.8 Å². The first-order valence-corrected chi connectivity index (χ1v) is 6.79. The lowest BCUT2D eigenvalue weighted by Gasteiger charge is -2.05. The van der Waals surface area contributed by atoms with Crippen molar-refractivity contribution < 1.29 is 14.1 Å². The van der Waals surface area contributed by atoms with Crippen LogP contribution >= 0.6 is 23.4 Å². The van der Waals surface area contributed by atoms with E-state index in [0.717, 1.165) is 17.8 Å². The third kappa shape index (κ3) is 3.50. The third-order valence-electron chi connectivity index (χ3n) is 2.56. The normalized spacial score (nSPS) is 10.4. The maximum absolute atomic E-state index is 13.1. The number of amides is 1. The predicted molar refractivity (Wildman–Crippen MR) is 77.1 cm³/mol. The van der Waals surface area contributed by atoms with Gasteiger partial charge in [-0.3, -0.25) is 14.9 Å². The van der Waals surface area contributed by atoms with Gasteiger partial charge in [-0.2, -0.15) is 0 Å². The zero-order valence-corrected chi connectivity index (χ0v) is 12.0. The van der Waals surface area contributed by atoms with Crippen LogP contribution in [0.1, 0.15) is 10.4 Å². The minimum Gasteiger partial charge on any atom is -0.366 e. The second-order valence-corrected chi connectivity index (χ2v) is 5.50. The summed E-state index contributed by atoms with van der Waals surface area (Å²) in [6, 6.07) is 7.91. The number of benzene rings is 2. The highest BCUT2D eigenvalue weighted by Crippen LogP contribution is 2.36. The number of primary amides is 1. The summed E-state index contributed by atoms with van der Waals surface area (Å²) in [5.74, 6) is -1.32. The van der Waals surface area contributed by atoms with Crippen LogP contribution in [0.2, 0.25) is 5.02 Å². The van der Waals surface area contributed by atoms with Gasteiger partial charge in [-0.1, -0.05) is 23.4 Å². The Bertz CT molecular complexity index is 739. The van der Waals surface area contributed by atoms with Gasteiger partial charge in [0, 0.05) is 16.5 Å². The van der Waals surface area contributed by atoms with E-state index in [2.05, 4.69) is 0 Å². The molecular formula is C13H8ClFN2O3S. The molecule has 0 aromatic heterocycles. The molecule has 8 heteroatoms. The van der Waals surface area contributed by atoms with Crippen molar-refractivity contribution in [3.8, 4) is 0 Å². The molecule has 0 aliphatic rings. The molecule has 5 nitrogen and oxygen atoms in total. The zero-order chi connectivity index (χ0) is 15.6. The smallest absolute Gasteiger partial charge is 0.284 e. The van der Waals surface area contributed by atoms with Crippen molar-refractivity contribution in [2.45, 2.75) is 9.79 Å². The van der Waals surface area contributed by atoms with E-state index < -0.39 is 16.6 Å². The molecule has 0 unspecified atom stereocenters. The minimum atomic E-state index is -0.750. The Morgan fingerprint density at radius 2 is 2.00 bits per heavy atom. The van der Waals surface area contributed by atoms with Crippen molar-refractivity contribution in [3.63, 3.8) is 0 Å². The fraction of sp³-hybridized carbons (Fsp3) is 0. The standard InChI is InChI=1S/C13H8ClFN2O3S/c14-9-6-8(2-3-10(9)15)21-12-4-1-7(13(16)18)5-11(12)17(19)20/h1-6H,(H2,16,18). The maximum atomic E-state index is 13.1. The Morgan fingerprint density at radius 1 is 1.29 bits per heavy atom. The second-order valence-electron chi connectivity index (χ2n) is 3.98. The summed E-state index contributed by atoms with van der Waals surface area (Å²) in [6.07, 6.45) is 0. The van der Waals surface area contributed by atoms with Gasteiger partial charge < -0.3 is 5.73 Å². The van der Waals surface area contributed by atoms with E-state index in [1.165, 1.54) is 30.3 Å². The number of nitro groups is 1. The van der Waals surface area contributed by atoms with E-state index in [0.29, 0.717) is 9.79 Å². The van der Waals surface area contributed by atoms with E-state index in [-0.39, 0.29) is 16.3 Å². The molecule has 0 fully saturated rings. The molecule has 108 valence electrons. The lowest BCUT2D eigenvalue weighted by Crippen LogP contribution is -2.11. The summed E-state index contributed by atoms with van der Waals surface area (Å²) in [5, 5.41) is 11.0. The first-order valence-electron chi connectivity index (χ1n) is 5.59. The first kappa shape index (κ1) is 15.3. The van der Waals surface area contributed by atoms with Crippen LogP contribution in [0.3, 0.4) is 0 Å². The van der Waals surface area contributed by atoms with Gasteiger partial charge in [-0.05, 0) is 30.3 Å². The Labute approximate surface area is 128 Å². The molecule has 0 saturated carbocycles. The quantitative estimate of drug-likeness (QED) is 0.686. The van der Waals surface area contributed by atoms with Crippen LogP contribution in [0.5, 0.6) is 0 Å². The monoisotopic (exact) mass is 326 g/mol. The number of nitro benzene ring substituents is 1. The number of nitrogens with two attached hydrogens (primary N) is 1. The summed E-state index contributed by atoms with van der Waals surface area (Å²) >= 11 is 6.71. The van der Waals surface area contributed by atoms with Crippen molar-refractivity contribution in [2.24, 2.45) is 5.73 Å². The zero-order valence-electron chi connectivity index (χ0n) is 10.4. The van der Waals surface area contributed by atoms with E-state index >= 15 is 0 Å². The second kappa shape index (κ2) is 6.11. The summed E-state index contributed by atoms with van der Waals surface area (Å²) in [7, 11) is 0. The molecule has 0 saturated heterocycles. The molecule has 0 radical (unpaired) electrons. The van der Waals surface area contributed by atoms with Gasteiger partial charge in [0.1, 0.15) is 5.82 Å². The molecular weight excluding hydrogens is 319 g/mol. The SMILES string of the molecule is NC(=O)c1ccc(Sc2ccc(F)c(Cl)c2)c([N+](=O)[O-])c1. The Hall–Kier alpha value is -2.12. The van der Waals surface area contributed by atoms with Crippen molar-refractivity contribution in [1.82, 2.24) is 0 Å². The number of rotatable bonds is 4. The number of carbonyl (C=O) groups is 1. The molecule has 0 bridgehead atoms. The fourth-order valence-corrected chi connectivity index (χ4v) is 2.75. The van der Waals surface area contributed by atoms with Crippen LogP contribution in [0.25, 0.3) is 0 Å². The van der Waals surface area contributed by atoms with Gasteiger partial charge in [0.25, 0.3) is 5.69 Å². The van der Waals surface area contributed by atoms with Crippen LogP contribution < -0.4 is 5.73 Å². The average molecular weight is 327 g/mol. The highest BCUT2D eigenvalue weighted by Gasteiger charge is 2.17. The first-order chi connectivity index (χ1) is 9.88. The molecule has 0 aliphatic heterocycles. The molecule has 1 amide bonds. The number of nitrogens with zero attached hydrogens (tertiary/aromatic N) is 1. The van der Waals surface area contributed by atoms with Gasteiger partial charge in [0.15, 0.2) is 0 Å². The maximum Gasteiger partial charge on any atom is 0.284 e. The minimum absolute atomic E-state index is 0.0446. The van der Waals surface area contributed by atoms with E-state index in [1.54, 1.807) is 0 Å². The largest absolute Gasteiger partial charge is 0.366 e. The molecule has 21 heavy (non-hydrogen) atoms. The topological polar surface area (TPSA) is 86.2 Å². The van der Waals surface area contributed by atoms with Crippen molar-refractivity contribution in [2.75, 3.05) is 0 Å². The highest BCUT2D eigenvalue weighted by molar-refractivity contribution is 7.99. The van der Waals surface area contributed by atoms with Gasteiger partial charge in [-0.15, -0.1) is 0 Å². The number of hydrogen-bond acceptors (Lipinski definition) is 4. The summed E-state index contributed by atoms with van der Waals surface area (Å²) in [6.45, 7) is 0. The average Bonchev–Trinajstić information content (AvgIpc) is 2.43. The fourth-order valence-electron chi connectivity index (χ4n) is 1.57. The van der Waals surface area contributed by atoms with Crippen LogP contribution in [0.15, 0.2) is 46.2 Å².